The molecule has 194 valence electrons. The smallest absolute Gasteiger partial charge is 0.407 e. The Morgan fingerprint density at radius 3 is 2.39 bits per heavy atom. The van der Waals surface area contributed by atoms with Gasteiger partial charge in [-0.25, -0.2) is 9.78 Å². The van der Waals surface area contributed by atoms with E-state index in [0.717, 1.165) is 0 Å². The Balaban J connectivity index is 1.90. The van der Waals surface area contributed by atoms with Crippen LogP contribution in [0.2, 0.25) is 0 Å². The van der Waals surface area contributed by atoms with E-state index in [0.29, 0.717) is 47.6 Å². The summed E-state index contributed by atoms with van der Waals surface area (Å²) < 4.78 is 23.8. The van der Waals surface area contributed by atoms with Gasteiger partial charge in [0.1, 0.15) is 5.60 Å². The van der Waals surface area contributed by atoms with Gasteiger partial charge in [0.15, 0.2) is 0 Å². The number of rotatable bonds is 10. The number of alkyl carbamates (subject to hydrolysis) is 1. The molecule has 3 rings (SSSR count). The summed E-state index contributed by atoms with van der Waals surface area (Å²) in [4.78, 5) is 33.6. The summed E-state index contributed by atoms with van der Waals surface area (Å²) in [7, 11) is 4.36. The molecule has 0 aliphatic heterocycles. The molecule has 0 radical (unpaired) electrons. The van der Waals surface area contributed by atoms with Crippen LogP contribution in [0.5, 0.6) is 0 Å². The monoisotopic (exact) mass is 499 g/mol. The minimum absolute atomic E-state index is 0.290. The van der Waals surface area contributed by atoms with E-state index in [1.165, 1.54) is 21.3 Å². The number of hydrogen-bond donors (Lipinski definition) is 2. The van der Waals surface area contributed by atoms with Crippen molar-refractivity contribution in [3.8, 4) is 0 Å². The number of nitrogens with one attached hydrogen (secondary N) is 2. The first kappa shape index (κ1) is 27.1. The molecule has 0 fully saturated rings. The molecule has 1 aromatic carbocycles. The van der Waals surface area contributed by atoms with E-state index in [9.17, 15) is 9.59 Å². The minimum atomic E-state index is -1.56. The molecule has 2 heterocycles. The van der Waals surface area contributed by atoms with Crippen LogP contribution in [0.4, 0.5) is 10.5 Å². The van der Waals surface area contributed by atoms with Crippen LogP contribution in [-0.2, 0) is 31.5 Å². The first-order chi connectivity index (χ1) is 17.1. The molecule has 0 saturated carbocycles. The van der Waals surface area contributed by atoms with E-state index in [2.05, 4.69) is 20.6 Å². The van der Waals surface area contributed by atoms with Crippen molar-refractivity contribution in [3.63, 3.8) is 0 Å². The number of aryl methyl sites for hydroxylation is 1. The lowest BCUT2D eigenvalue weighted by atomic mass is 10.2. The maximum absolute atomic E-state index is 12.9. The van der Waals surface area contributed by atoms with Gasteiger partial charge in [-0.05, 0) is 57.5 Å². The van der Waals surface area contributed by atoms with Gasteiger partial charge >= 0.3 is 12.1 Å². The normalized spacial score (nSPS) is 11.9. The van der Waals surface area contributed by atoms with Gasteiger partial charge in [0, 0.05) is 46.2 Å². The van der Waals surface area contributed by atoms with Crippen molar-refractivity contribution in [2.24, 2.45) is 0 Å². The molecule has 0 atom stereocenters. The lowest BCUT2D eigenvalue weighted by Crippen LogP contribution is -2.37. The quantitative estimate of drug-likeness (QED) is 0.320. The average Bonchev–Trinajstić information content (AvgIpc) is 3.21. The van der Waals surface area contributed by atoms with Crippen LogP contribution < -0.4 is 10.6 Å². The van der Waals surface area contributed by atoms with Crippen LogP contribution in [0, 0.1) is 0 Å². The standard InChI is InChI=1S/C25H33N5O6/c1-24(2,3)36-23(32)27-13-8-14-30-20-15-17(21(31)28-18-9-7-12-26-16-18)10-11-19(20)29-22(30)25(33-4,34-5)35-6/h7,9-12,15-16H,8,13-14H2,1-6H3,(H,27,32)(H,28,31). The number of nitrogens with zero attached hydrogens (tertiary/aromatic N) is 3. The largest absolute Gasteiger partial charge is 0.444 e. The Morgan fingerprint density at radius 1 is 1.06 bits per heavy atom. The topological polar surface area (TPSA) is 126 Å². The van der Waals surface area contributed by atoms with Crippen molar-refractivity contribution in [2.45, 2.75) is 45.3 Å². The molecule has 11 heteroatoms. The van der Waals surface area contributed by atoms with Crippen LogP contribution in [0.15, 0.2) is 42.7 Å². The molecule has 2 amide bonds. The highest BCUT2D eigenvalue weighted by molar-refractivity contribution is 6.05. The molecular formula is C25H33N5O6. The van der Waals surface area contributed by atoms with Gasteiger partial charge in [0.05, 0.1) is 22.9 Å². The van der Waals surface area contributed by atoms with Gasteiger partial charge in [0.25, 0.3) is 5.91 Å². The van der Waals surface area contributed by atoms with Gasteiger partial charge in [-0.2, -0.15) is 0 Å². The summed E-state index contributed by atoms with van der Waals surface area (Å²) in [6, 6.07) is 8.68. The molecular weight excluding hydrogens is 466 g/mol. The summed E-state index contributed by atoms with van der Waals surface area (Å²) in [5.74, 6) is -1.48. The molecule has 0 spiro atoms. The highest BCUT2D eigenvalue weighted by atomic mass is 16.9. The van der Waals surface area contributed by atoms with Crippen LogP contribution in [0.25, 0.3) is 11.0 Å². The summed E-state index contributed by atoms with van der Waals surface area (Å²) in [6.45, 7) is 6.19. The van der Waals surface area contributed by atoms with Crippen LogP contribution in [0.3, 0.4) is 0 Å². The van der Waals surface area contributed by atoms with Gasteiger partial charge in [-0.15, -0.1) is 0 Å². The first-order valence-electron chi connectivity index (χ1n) is 11.5. The first-order valence-corrected chi connectivity index (χ1v) is 11.5. The highest BCUT2D eigenvalue weighted by Gasteiger charge is 2.38. The van der Waals surface area contributed by atoms with Crippen molar-refractivity contribution in [1.29, 1.82) is 0 Å². The third-order valence-corrected chi connectivity index (χ3v) is 5.24. The molecule has 0 aliphatic rings. The summed E-state index contributed by atoms with van der Waals surface area (Å²) >= 11 is 0. The molecule has 2 N–H and O–H groups in total. The number of methoxy groups -OCH3 is 3. The molecule has 0 bridgehead atoms. The van der Waals surface area contributed by atoms with E-state index in [-0.39, 0.29) is 5.91 Å². The second-order valence-electron chi connectivity index (χ2n) is 8.94. The number of carbonyl (C=O) groups excluding carboxylic acids is 2. The maximum Gasteiger partial charge on any atom is 0.407 e. The molecule has 0 aliphatic carbocycles. The minimum Gasteiger partial charge on any atom is -0.444 e. The molecule has 3 aromatic rings. The Bertz CT molecular complexity index is 1180. The number of amides is 2. The van der Waals surface area contributed by atoms with E-state index >= 15 is 0 Å². The van der Waals surface area contributed by atoms with Gasteiger partial charge < -0.3 is 34.1 Å². The second-order valence-corrected chi connectivity index (χ2v) is 8.94. The van der Waals surface area contributed by atoms with Crippen molar-refractivity contribution in [3.05, 3.63) is 54.1 Å². The number of anilines is 1. The van der Waals surface area contributed by atoms with E-state index in [4.69, 9.17) is 18.9 Å². The predicted molar refractivity (Wildman–Crippen MR) is 133 cm³/mol. The predicted octanol–water partition coefficient (Wildman–Crippen LogP) is 3.65. The fourth-order valence-corrected chi connectivity index (χ4v) is 3.63. The lowest BCUT2D eigenvalue weighted by molar-refractivity contribution is -0.369. The zero-order valence-corrected chi connectivity index (χ0v) is 21.5. The van der Waals surface area contributed by atoms with Gasteiger partial charge in [-0.1, -0.05) is 0 Å². The summed E-state index contributed by atoms with van der Waals surface area (Å²) in [6.07, 6.45) is 3.25. The van der Waals surface area contributed by atoms with Crippen molar-refractivity contribution < 1.29 is 28.5 Å². The Labute approximate surface area is 210 Å². The number of carbonyl (C=O) groups is 2. The zero-order valence-electron chi connectivity index (χ0n) is 21.5. The second kappa shape index (κ2) is 11.5. The SMILES string of the molecule is COC(OC)(OC)c1nc2ccc(C(=O)Nc3cccnc3)cc2n1CCCNC(=O)OC(C)(C)C. The van der Waals surface area contributed by atoms with Crippen LogP contribution >= 0.6 is 0 Å². The highest BCUT2D eigenvalue weighted by Crippen LogP contribution is 2.30. The number of fused-ring (bicyclic) bond motifs is 1. The lowest BCUT2D eigenvalue weighted by Gasteiger charge is -2.28. The molecule has 0 unspecified atom stereocenters. The van der Waals surface area contributed by atoms with Crippen LogP contribution in [0.1, 0.15) is 43.4 Å². The number of pyridine rings is 1. The Morgan fingerprint density at radius 2 is 1.78 bits per heavy atom. The van der Waals surface area contributed by atoms with E-state index < -0.39 is 17.7 Å². The Kier molecular flexibility index (Phi) is 8.62. The molecule has 2 aromatic heterocycles. The van der Waals surface area contributed by atoms with Crippen molar-refractivity contribution >= 4 is 28.7 Å². The zero-order chi connectivity index (χ0) is 26.3. The van der Waals surface area contributed by atoms with Crippen molar-refractivity contribution in [1.82, 2.24) is 19.9 Å². The number of aromatic nitrogens is 3. The Hall–Kier alpha value is -3.54. The third kappa shape index (κ3) is 6.36. The fourth-order valence-electron chi connectivity index (χ4n) is 3.63. The molecule has 0 saturated heterocycles. The van der Waals surface area contributed by atoms with E-state index in [1.54, 1.807) is 63.5 Å². The maximum atomic E-state index is 12.9. The molecule has 11 nitrogen and oxygen atoms in total. The summed E-state index contributed by atoms with van der Waals surface area (Å²) in [5.41, 5.74) is 1.74. The van der Waals surface area contributed by atoms with Gasteiger partial charge in [-0.3, -0.25) is 9.78 Å². The fraction of sp³-hybridized carbons (Fsp3) is 0.440. The van der Waals surface area contributed by atoms with Gasteiger partial charge in [0.2, 0.25) is 5.82 Å². The van der Waals surface area contributed by atoms with E-state index in [1.807, 2.05) is 4.57 Å². The third-order valence-electron chi connectivity index (χ3n) is 5.24. The number of ether oxygens (including phenoxy) is 4. The number of benzene rings is 1. The van der Waals surface area contributed by atoms with Crippen molar-refractivity contribution in [2.75, 3.05) is 33.2 Å². The number of imidazole rings is 1. The number of hydrogen-bond acceptors (Lipinski definition) is 8. The average molecular weight is 500 g/mol. The summed E-state index contributed by atoms with van der Waals surface area (Å²) in [5, 5.41) is 5.58. The van der Waals surface area contributed by atoms with Crippen LogP contribution in [-0.4, -0.2) is 60.0 Å². The molecule has 36 heavy (non-hydrogen) atoms.